The van der Waals surface area contributed by atoms with Crippen molar-refractivity contribution in [2.24, 2.45) is 0 Å². The van der Waals surface area contributed by atoms with Crippen LogP contribution in [0.25, 0.3) is 0 Å². The van der Waals surface area contributed by atoms with Gasteiger partial charge in [0.05, 0.1) is 5.56 Å². The van der Waals surface area contributed by atoms with E-state index in [1.54, 1.807) is 11.8 Å². The van der Waals surface area contributed by atoms with Crippen LogP contribution in [0.5, 0.6) is 0 Å². The highest BCUT2D eigenvalue weighted by molar-refractivity contribution is 7.99. The van der Waals surface area contributed by atoms with Gasteiger partial charge in [0, 0.05) is 32.0 Å². The summed E-state index contributed by atoms with van der Waals surface area (Å²) in [5, 5.41) is 12.9. The summed E-state index contributed by atoms with van der Waals surface area (Å²) in [7, 11) is 0. The molecule has 0 radical (unpaired) electrons. The zero-order chi connectivity index (χ0) is 21.6. The lowest BCUT2D eigenvalue weighted by atomic mass is 9.93. The number of anilines is 1. The third-order valence-corrected chi connectivity index (χ3v) is 7.15. The highest BCUT2D eigenvalue weighted by atomic mass is 32.2. The van der Waals surface area contributed by atoms with Crippen LogP contribution in [0.1, 0.15) is 75.6 Å². The van der Waals surface area contributed by atoms with Gasteiger partial charge in [-0.1, -0.05) is 26.2 Å². The predicted molar refractivity (Wildman–Crippen MR) is 119 cm³/mol. The third-order valence-electron chi connectivity index (χ3n) is 5.95. The minimum atomic E-state index is -1.23. The minimum Gasteiger partial charge on any atom is -0.450 e. The topological polar surface area (TPSA) is 91.8 Å². The Kier molecular flexibility index (Phi) is 7.86. The Hall–Kier alpha value is -1.96. The van der Waals surface area contributed by atoms with Crippen molar-refractivity contribution in [3.05, 3.63) is 17.7 Å². The number of nitrogens with zero attached hydrogens (tertiary/aromatic N) is 2. The van der Waals surface area contributed by atoms with Crippen molar-refractivity contribution in [2.45, 2.75) is 81.9 Å². The van der Waals surface area contributed by atoms with Gasteiger partial charge in [-0.2, -0.15) is 0 Å². The van der Waals surface area contributed by atoms with Gasteiger partial charge in [0.2, 0.25) is 0 Å². The quantitative estimate of drug-likeness (QED) is 0.474. The first-order valence-corrected chi connectivity index (χ1v) is 12.0. The van der Waals surface area contributed by atoms with Crippen molar-refractivity contribution in [1.29, 1.82) is 0 Å². The van der Waals surface area contributed by atoms with Gasteiger partial charge in [0.25, 0.3) is 5.91 Å². The van der Waals surface area contributed by atoms with E-state index in [4.69, 9.17) is 14.8 Å². The first kappa shape index (κ1) is 22.7. The number of carbonyl (C=O) groups excluding carboxylic acids is 1. The first-order chi connectivity index (χ1) is 14.4. The third kappa shape index (κ3) is 6.03. The maximum Gasteiger partial charge on any atom is 0.506 e. The summed E-state index contributed by atoms with van der Waals surface area (Å²) >= 11 is 1.62. The number of piperidine rings is 1. The van der Waals surface area contributed by atoms with Gasteiger partial charge in [-0.25, -0.2) is 9.78 Å². The van der Waals surface area contributed by atoms with Gasteiger partial charge in [0.1, 0.15) is 16.4 Å². The van der Waals surface area contributed by atoms with Crippen LogP contribution in [-0.4, -0.2) is 52.6 Å². The number of pyridine rings is 1. The van der Waals surface area contributed by atoms with Crippen molar-refractivity contribution in [1.82, 2.24) is 10.3 Å². The summed E-state index contributed by atoms with van der Waals surface area (Å²) in [6.07, 6.45) is 6.74. The van der Waals surface area contributed by atoms with Gasteiger partial charge < -0.3 is 20.1 Å². The average molecular weight is 436 g/mol. The van der Waals surface area contributed by atoms with Crippen molar-refractivity contribution in [2.75, 3.05) is 23.7 Å². The summed E-state index contributed by atoms with van der Waals surface area (Å²) in [4.78, 5) is 30.8. The van der Waals surface area contributed by atoms with Crippen LogP contribution in [0.15, 0.2) is 17.2 Å². The summed E-state index contributed by atoms with van der Waals surface area (Å²) < 4.78 is 5.07. The Balaban J connectivity index is 1.71. The molecule has 2 aliphatic rings. The van der Waals surface area contributed by atoms with Crippen molar-refractivity contribution < 1.29 is 19.4 Å². The molecule has 1 aromatic heterocycles. The highest BCUT2D eigenvalue weighted by Gasteiger charge is 2.34. The van der Waals surface area contributed by atoms with Gasteiger partial charge in [-0.15, -0.1) is 11.8 Å². The van der Waals surface area contributed by atoms with E-state index < -0.39 is 11.8 Å². The lowest BCUT2D eigenvalue weighted by Gasteiger charge is -2.38. The Bertz CT molecular complexity index is 744. The summed E-state index contributed by atoms with van der Waals surface area (Å²) in [5.74, 6) is 1.71. The largest absolute Gasteiger partial charge is 0.506 e. The monoisotopic (exact) mass is 435 g/mol. The van der Waals surface area contributed by atoms with E-state index in [1.807, 2.05) is 19.1 Å². The number of hydrogen-bond acceptors (Lipinski definition) is 6. The van der Waals surface area contributed by atoms with E-state index in [9.17, 15) is 9.59 Å². The molecule has 1 aliphatic heterocycles. The normalized spacial score (nSPS) is 19.3. The fourth-order valence-corrected chi connectivity index (χ4v) is 4.99. The number of nitrogens with one attached hydrogen (secondary N) is 1. The van der Waals surface area contributed by atoms with Crippen LogP contribution in [0.3, 0.4) is 0 Å². The zero-order valence-electron chi connectivity index (χ0n) is 18.0. The maximum absolute atomic E-state index is 12.9. The number of rotatable bonds is 7. The second kappa shape index (κ2) is 10.4. The van der Waals surface area contributed by atoms with Crippen LogP contribution >= 0.6 is 11.8 Å². The minimum absolute atomic E-state index is 0.0272. The standard InChI is InChI=1S/C22H33N3O4S/c1-3-15-30-20-17(19(26)23-16-7-5-4-6-8-16)9-10-18(24-20)25-13-11-22(2,12-14-25)29-21(27)28/h9-10,16H,3-8,11-15H2,1-2H3,(H,23,26)(H,27,28). The van der Waals surface area contributed by atoms with Gasteiger partial charge in [-0.3, -0.25) is 4.79 Å². The zero-order valence-corrected chi connectivity index (χ0v) is 18.8. The molecule has 1 aliphatic carbocycles. The molecule has 0 atom stereocenters. The molecule has 1 aromatic rings. The Labute approximate surface area is 183 Å². The molecule has 0 aromatic carbocycles. The fourth-order valence-electron chi connectivity index (χ4n) is 4.12. The Morgan fingerprint density at radius 3 is 2.60 bits per heavy atom. The summed E-state index contributed by atoms with van der Waals surface area (Å²) in [6, 6.07) is 4.07. The molecule has 7 nitrogen and oxygen atoms in total. The maximum atomic E-state index is 12.9. The van der Waals surface area contributed by atoms with Crippen LogP contribution in [0.4, 0.5) is 10.6 Å². The molecule has 0 bridgehead atoms. The van der Waals surface area contributed by atoms with E-state index >= 15 is 0 Å². The summed E-state index contributed by atoms with van der Waals surface area (Å²) in [5.41, 5.74) is 0.000850. The predicted octanol–water partition coefficient (Wildman–Crippen LogP) is 4.70. The van der Waals surface area contributed by atoms with Crippen LogP contribution in [0.2, 0.25) is 0 Å². The molecule has 2 heterocycles. The van der Waals surface area contributed by atoms with E-state index in [0.717, 1.165) is 35.9 Å². The van der Waals surface area contributed by atoms with E-state index in [1.165, 1.54) is 19.3 Å². The Morgan fingerprint density at radius 2 is 1.97 bits per heavy atom. The fraction of sp³-hybridized carbons (Fsp3) is 0.682. The molecule has 1 saturated carbocycles. The van der Waals surface area contributed by atoms with Gasteiger partial charge in [0.15, 0.2) is 0 Å². The highest BCUT2D eigenvalue weighted by Crippen LogP contribution is 2.31. The van der Waals surface area contributed by atoms with Crippen molar-refractivity contribution in [3.63, 3.8) is 0 Å². The molecule has 0 spiro atoms. The number of carbonyl (C=O) groups is 2. The second-order valence-electron chi connectivity index (χ2n) is 8.48. The van der Waals surface area contributed by atoms with Crippen molar-refractivity contribution >= 4 is 29.6 Å². The molecule has 0 unspecified atom stereocenters. The summed E-state index contributed by atoms with van der Waals surface area (Å²) in [6.45, 7) is 5.30. The molecule has 8 heteroatoms. The number of aromatic nitrogens is 1. The van der Waals surface area contributed by atoms with E-state index in [-0.39, 0.29) is 11.9 Å². The van der Waals surface area contributed by atoms with Crippen LogP contribution in [0, 0.1) is 0 Å². The molecule has 2 N–H and O–H groups in total. The van der Waals surface area contributed by atoms with Crippen LogP contribution < -0.4 is 10.2 Å². The number of thioether (sulfide) groups is 1. The molecule has 30 heavy (non-hydrogen) atoms. The molecule has 2 fully saturated rings. The second-order valence-corrected chi connectivity index (χ2v) is 9.57. The lowest BCUT2D eigenvalue weighted by molar-refractivity contribution is -0.0215. The SMILES string of the molecule is CCCSc1nc(N2CCC(C)(OC(=O)O)CC2)ccc1C(=O)NC1CCCCC1. The molecule has 1 saturated heterocycles. The number of amides is 1. The average Bonchev–Trinajstić information content (AvgIpc) is 2.72. The molecular weight excluding hydrogens is 402 g/mol. The number of ether oxygens (including phenoxy) is 1. The Morgan fingerprint density at radius 1 is 1.27 bits per heavy atom. The van der Waals surface area contributed by atoms with Gasteiger partial charge in [-0.05, 0) is 44.1 Å². The van der Waals surface area contributed by atoms with E-state index in [0.29, 0.717) is 31.5 Å². The van der Waals surface area contributed by atoms with Crippen LogP contribution in [-0.2, 0) is 4.74 Å². The lowest BCUT2D eigenvalue weighted by Crippen LogP contribution is -2.45. The number of carboxylic acid groups (broad SMARTS) is 1. The van der Waals surface area contributed by atoms with Crippen molar-refractivity contribution in [3.8, 4) is 0 Å². The first-order valence-electron chi connectivity index (χ1n) is 11.0. The molecule has 166 valence electrons. The molecular formula is C22H33N3O4S. The van der Waals surface area contributed by atoms with Gasteiger partial charge >= 0.3 is 6.16 Å². The number of hydrogen-bond donors (Lipinski definition) is 2. The smallest absolute Gasteiger partial charge is 0.450 e. The van der Waals surface area contributed by atoms with E-state index in [2.05, 4.69) is 17.1 Å². The molecule has 3 rings (SSSR count). The molecule has 1 amide bonds.